The predicted octanol–water partition coefficient (Wildman–Crippen LogP) is 18.9. The molecular weight excluding hydrogens is 1150 g/mol. The third-order valence-corrected chi connectivity index (χ3v) is 18.2. The van der Waals surface area contributed by atoms with E-state index in [4.69, 9.17) is 37.0 Å². The van der Waals surface area contributed by atoms with Crippen molar-refractivity contribution in [1.82, 2.24) is 0 Å². The van der Waals surface area contributed by atoms with Gasteiger partial charge in [0.15, 0.2) is 12.2 Å². The molecule has 516 valence electrons. The van der Waals surface area contributed by atoms with Gasteiger partial charge in [-0.25, -0.2) is 9.13 Å². The van der Waals surface area contributed by atoms with Crippen molar-refractivity contribution in [1.29, 1.82) is 0 Å². The molecule has 0 aromatic carbocycles. The number of ether oxygens (including phenoxy) is 4. The van der Waals surface area contributed by atoms with Crippen LogP contribution in [0.4, 0.5) is 0 Å². The van der Waals surface area contributed by atoms with E-state index < -0.39 is 97.5 Å². The maximum absolute atomic E-state index is 13.0. The van der Waals surface area contributed by atoms with E-state index in [-0.39, 0.29) is 25.7 Å². The van der Waals surface area contributed by atoms with Crippen molar-refractivity contribution in [3.05, 3.63) is 0 Å². The summed E-state index contributed by atoms with van der Waals surface area (Å²) in [4.78, 5) is 72.4. The normalized spacial score (nSPS) is 15.0. The number of unbranched alkanes of at least 4 members (excludes halogenated alkanes) is 29. The lowest BCUT2D eigenvalue weighted by molar-refractivity contribution is -0.161. The third-order valence-electron chi connectivity index (χ3n) is 16.3. The molecule has 0 amide bonds. The highest BCUT2D eigenvalue weighted by atomic mass is 31.2. The number of hydrogen-bond donors (Lipinski definition) is 3. The first-order valence-electron chi connectivity index (χ1n) is 35.3. The number of rotatable bonds is 65. The minimum absolute atomic E-state index is 0.101. The van der Waals surface area contributed by atoms with Gasteiger partial charge in [0.25, 0.3) is 0 Å². The maximum atomic E-state index is 13.0. The number of phosphoric ester groups is 2. The Hall–Kier alpha value is -1.94. The Bertz CT molecular complexity index is 1730. The number of carbonyl (C=O) groups is 4. The summed E-state index contributed by atoms with van der Waals surface area (Å²) in [5.41, 5.74) is 0. The fourth-order valence-electron chi connectivity index (χ4n) is 10.1. The van der Waals surface area contributed by atoms with Crippen LogP contribution in [0.1, 0.15) is 331 Å². The van der Waals surface area contributed by atoms with E-state index in [2.05, 4.69) is 55.4 Å². The fraction of sp³-hybridized carbons (Fsp3) is 0.941. The summed E-state index contributed by atoms with van der Waals surface area (Å²) in [5, 5.41) is 10.6. The molecule has 0 rings (SSSR count). The smallest absolute Gasteiger partial charge is 0.462 e. The molecular formula is C68H132O17P2. The second kappa shape index (κ2) is 57.9. The summed E-state index contributed by atoms with van der Waals surface area (Å²) >= 11 is 0. The van der Waals surface area contributed by atoms with Crippen LogP contribution in [0.15, 0.2) is 0 Å². The SMILES string of the molecule is CCC(C)CCCCCCCCC(=O)OC[C@H](COP(=O)(O)OC[C@H](O)COP(=O)(O)OC[C@@H](COC(=O)CCCCCCCCCCCC(C)C)OC(=O)CCCCCCCCCCCCCCC(C)C)OC(=O)CCCCCCCCC(C)CC. The standard InChI is InChI=1S/C68H132O17P2/c1-9-60(7)46-38-30-24-26-33-41-49-66(71)79-55-64(85-68(73)51-43-35-27-25-31-39-47-61(8)10-2)57-83-87(76,77)81-53-62(69)52-80-86(74,75)82-56-63(54-78-65(70)48-40-32-22-19-15-17-21-29-37-45-59(5)6)84-67(72)50-42-34-23-18-14-12-11-13-16-20-28-36-44-58(3)4/h58-64,69H,9-57H2,1-8H3,(H,74,75)(H,76,77)/t60?,61?,62-,63-,64-/m1/s1. The highest BCUT2D eigenvalue weighted by Crippen LogP contribution is 2.45. The zero-order valence-corrected chi connectivity index (χ0v) is 58.4. The molecule has 0 spiro atoms. The highest BCUT2D eigenvalue weighted by molar-refractivity contribution is 7.47. The van der Waals surface area contributed by atoms with Gasteiger partial charge in [0, 0.05) is 25.7 Å². The quantitative estimate of drug-likeness (QED) is 0.0222. The lowest BCUT2D eigenvalue weighted by Gasteiger charge is -2.21. The van der Waals surface area contributed by atoms with Crippen LogP contribution in [0.2, 0.25) is 0 Å². The molecule has 0 aromatic heterocycles. The molecule has 0 saturated heterocycles. The Morgan fingerprint density at radius 2 is 0.552 bits per heavy atom. The molecule has 0 aliphatic rings. The van der Waals surface area contributed by atoms with Crippen LogP contribution in [-0.2, 0) is 65.4 Å². The van der Waals surface area contributed by atoms with Crippen LogP contribution in [0, 0.1) is 23.7 Å². The summed E-state index contributed by atoms with van der Waals surface area (Å²) in [6.07, 6.45) is 39.0. The molecule has 0 bridgehead atoms. The van der Waals surface area contributed by atoms with E-state index in [9.17, 15) is 43.2 Å². The Balaban J connectivity index is 5.26. The number of esters is 4. The monoisotopic (exact) mass is 1280 g/mol. The molecule has 0 fully saturated rings. The van der Waals surface area contributed by atoms with Crippen molar-refractivity contribution in [2.45, 2.75) is 350 Å². The van der Waals surface area contributed by atoms with Crippen LogP contribution in [-0.4, -0.2) is 96.7 Å². The Morgan fingerprint density at radius 3 is 0.816 bits per heavy atom. The van der Waals surface area contributed by atoms with E-state index in [1.165, 1.54) is 128 Å². The van der Waals surface area contributed by atoms with E-state index in [0.717, 1.165) is 120 Å². The Kier molecular flexibility index (Phi) is 56.6. The number of aliphatic hydroxyl groups is 1. The lowest BCUT2D eigenvalue weighted by Crippen LogP contribution is -2.30. The van der Waals surface area contributed by atoms with Crippen molar-refractivity contribution in [3.63, 3.8) is 0 Å². The van der Waals surface area contributed by atoms with Crippen molar-refractivity contribution in [2.24, 2.45) is 23.7 Å². The zero-order valence-electron chi connectivity index (χ0n) is 56.6. The van der Waals surface area contributed by atoms with E-state index >= 15 is 0 Å². The summed E-state index contributed by atoms with van der Waals surface area (Å²) in [6.45, 7) is 14.0. The first-order valence-corrected chi connectivity index (χ1v) is 38.3. The second-order valence-corrected chi connectivity index (χ2v) is 28.9. The number of phosphoric acid groups is 2. The van der Waals surface area contributed by atoms with Crippen LogP contribution in [0.25, 0.3) is 0 Å². The minimum atomic E-state index is -4.95. The molecule has 0 heterocycles. The number of carbonyl (C=O) groups excluding carboxylic acids is 4. The maximum Gasteiger partial charge on any atom is 0.472 e. The van der Waals surface area contributed by atoms with Crippen LogP contribution in [0.3, 0.4) is 0 Å². The molecule has 0 aromatic rings. The second-order valence-electron chi connectivity index (χ2n) is 26.0. The van der Waals surface area contributed by atoms with Crippen molar-refractivity contribution < 1.29 is 80.2 Å². The van der Waals surface area contributed by atoms with Crippen LogP contribution < -0.4 is 0 Å². The average Bonchev–Trinajstić information content (AvgIpc) is 3.70. The molecule has 0 saturated carbocycles. The predicted molar refractivity (Wildman–Crippen MR) is 349 cm³/mol. The van der Waals surface area contributed by atoms with Crippen LogP contribution >= 0.6 is 15.6 Å². The number of aliphatic hydroxyl groups excluding tert-OH is 1. The molecule has 4 unspecified atom stereocenters. The highest BCUT2D eigenvalue weighted by Gasteiger charge is 2.30. The van der Waals surface area contributed by atoms with Gasteiger partial charge in [-0.15, -0.1) is 0 Å². The molecule has 19 heteroatoms. The molecule has 3 N–H and O–H groups in total. The van der Waals surface area contributed by atoms with Gasteiger partial charge < -0.3 is 33.8 Å². The molecule has 17 nitrogen and oxygen atoms in total. The largest absolute Gasteiger partial charge is 0.472 e. The van der Waals surface area contributed by atoms with Gasteiger partial charge in [-0.3, -0.25) is 37.3 Å². The summed E-state index contributed by atoms with van der Waals surface area (Å²) in [7, 11) is -9.90. The number of hydrogen-bond acceptors (Lipinski definition) is 15. The topological polar surface area (TPSA) is 237 Å². The van der Waals surface area contributed by atoms with Crippen molar-refractivity contribution in [2.75, 3.05) is 39.6 Å². The van der Waals surface area contributed by atoms with E-state index in [1.807, 2.05) is 0 Å². The van der Waals surface area contributed by atoms with Gasteiger partial charge in [0.2, 0.25) is 0 Å². The molecule has 87 heavy (non-hydrogen) atoms. The first-order chi connectivity index (χ1) is 41.7. The minimum Gasteiger partial charge on any atom is -0.462 e. The Morgan fingerprint density at radius 1 is 0.322 bits per heavy atom. The van der Waals surface area contributed by atoms with Crippen molar-refractivity contribution in [3.8, 4) is 0 Å². The van der Waals surface area contributed by atoms with Gasteiger partial charge in [0.05, 0.1) is 26.4 Å². The summed E-state index contributed by atoms with van der Waals surface area (Å²) in [6, 6.07) is 0. The fourth-order valence-corrected chi connectivity index (χ4v) is 11.7. The Labute approximate surface area is 530 Å². The van der Waals surface area contributed by atoms with Crippen molar-refractivity contribution >= 4 is 39.5 Å². The average molecular weight is 1280 g/mol. The van der Waals surface area contributed by atoms with E-state index in [0.29, 0.717) is 25.7 Å². The van der Waals surface area contributed by atoms with Gasteiger partial charge >= 0.3 is 39.5 Å². The summed E-state index contributed by atoms with van der Waals surface area (Å²) < 4.78 is 68.2. The molecule has 0 radical (unpaired) electrons. The van der Waals surface area contributed by atoms with E-state index in [1.54, 1.807) is 0 Å². The van der Waals surface area contributed by atoms with Gasteiger partial charge in [-0.2, -0.15) is 0 Å². The molecule has 0 aliphatic heterocycles. The molecule has 0 aliphatic carbocycles. The van der Waals surface area contributed by atoms with Gasteiger partial charge in [-0.05, 0) is 49.4 Å². The summed E-state index contributed by atoms with van der Waals surface area (Å²) in [5.74, 6) is 0.836. The lowest BCUT2D eigenvalue weighted by atomic mass is 10.00. The zero-order chi connectivity index (χ0) is 64.7. The molecule has 7 atom stereocenters. The van der Waals surface area contributed by atoms with Crippen LogP contribution in [0.5, 0.6) is 0 Å². The third kappa shape index (κ3) is 60.1. The first kappa shape index (κ1) is 85.1. The van der Waals surface area contributed by atoms with Gasteiger partial charge in [-0.1, -0.05) is 280 Å². The van der Waals surface area contributed by atoms with Gasteiger partial charge in [0.1, 0.15) is 19.3 Å².